The number of aliphatic hydroxyl groups excluding tert-OH is 1. The molecule has 2 fully saturated rings. The summed E-state index contributed by atoms with van der Waals surface area (Å²) in [5.74, 6) is -0.844. The second kappa shape index (κ2) is 6.79. The second-order valence-electron chi connectivity index (χ2n) is 7.10. The largest absolute Gasteiger partial charge is 0.390 e. The van der Waals surface area contributed by atoms with Gasteiger partial charge in [-0.1, -0.05) is 12.1 Å². The molecule has 1 unspecified atom stereocenters. The summed E-state index contributed by atoms with van der Waals surface area (Å²) < 4.78 is 0. The minimum atomic E-state index is -0.589. The Labute approximate surface area is 150 Å². The molecule has 138 valence electrons. The van der Waals surface area contributed by atoms with E-state index in [9.17, 15) is 19.5 Å². The van der Waals surface area contributed by atoms with Crippen molar-refractivity contribution < 1.29 is 19.5 Å². The number of piperidine rings is 1. The zero-order valence-corrected chi connectivity index (χ0v) is 14.3. The maximum absolute atomic E-state index is 12.6. The maximum Gasteiger partial charge on any atom is 0.255 e. The van der Waals surface area contributed by atoms with E-state index in [0.717, 1.165) is 17.7 Å². The van der Waals surface area contributed by atoms with Crippen molar-refractivity contribution in [3.05, 3.63) is 34.9 Å². The number of nitrogens with zero attached hydrogens (tertiary/aromatic N) is 1. The Morgan fingerprint density at radius 3 is 2.81 bits per heavy atom. The van der Waals surface area contributed by atoms with Crippen molar-refractivity contribution in [1.29, 1.82) is 0 Å². The predicted molar refractivity (Wildman–Crippen MR) is 92.0 cm³/mol. The van der Waals surface area contributed by atoms with Gasteiger partial charge in [-0.05, 0) is 23.6 Å². The first kappa shape index (κ1) is 17.1. The zero-order chi connectivity index (χ0) is 18.3. The van der Waals surface area contributed by atoms with Crippen molar-refractivity contribution in [2.75, 3.05) is 13.1 Å². The number of β-amino-alcohol motifs (C(OH)–C–C–N with tert-alkyl or cyclic N) is 1. The lowest BCUT2D eigenvalue weighted by Gasteiger charge is -2.29. The molecule has 3 amide bonds. The fourth-order valence-electron chi connectivity index (χ4n) is 3.86. The first-order valence-electron chi connectivity index (χ1n) is 8.91. The highest BCUT2D eigenvalue weighted by atomic mass is 16.3. The fraction of sp³-hybridized carbons (Fsp3) is 0.500. The first-order valence-corrected chi connectivity index (χ1v) is 8.91. The van der Waals surface area contributed by atoms with E-state index in [1.807, 2.05) is 12.1 Å². The van der Waals surface area contributed by atoms with Crippen LogP contribution in [0.2, 0.25) is 0 Å². The summed E-state index contributed by atoms with van der Waals surface area (Å²) in [7, 11) is 0. The number of aliphatic hydroxyl groups is 1. The van der Waals surface area contributed by atoms with E-state index in [1.54, 1.807) is 11.0 Å². The molecule has 4 rings (SSSR count). The van der Waals surface area contributed by atoms with Gasteiger partial charge >= 0.3 is 0 Å². The number of carbonyl (C=O) groups excluding carboxylic acids is 3. The van der Waals surface area contributed by atoms with Crippen molar-refractivity contribution in [2.45, 2.75) is 44.1 Å². The van der Waals surface area contributed by atoms with Crippen LogP contribution < -0.4 is 16.0 Å². The Hall–Kier alpha value is -2.29. The van der Waals surface area contributed by atoms with Gasteiger partial charge in [-0.15, -0.1) is 0 Å². The van der Waals surface area contributed by atoms with E-state index in [4.69, 9.17) is 0 Å². The summed E-state index contributed by atoms with van der Waals surface area (Å²) in [6.07, 6.45) is 0.225. The highest BCUT2D eigenvalue weighted by Gasteiger charge is 2.39. The molecule has 0 bridgehead atoms. The molecule has 26 heavy (non-hydrogen) atoms. The number of carbonyl (C=O) groups is 3. The zero-order valence-electron chi connectivity index (χ0n) is 14.3. The Balaban J connectivity index is 1.44. The van der Waals surface area contributed by atoms with Gasteiger partial charge in [0.1, 0.15) is 6.04 Å². The smallest absolute Gasteiger partial charge is 0.255 e. The topological polar surface area (TPSA) is 111 Å². The van der Waals surface area contributed by atoms with Crippen LogP contribution in [0.3, 0.4) is 0 Å². The molecule has 2 saturated heterocycles. The predicted octanol–water partition coefficient (Wildman–Crippen LogP) is -1.13. The molecular weight excluding hydrogens is 336 g/mol. The molecule has 8 nitrogen and oxygen atoms in total. The van der Waals surface area contributed by atoms with Gasteiger partial charge in [0.15, 0.2) is 0 Å². The van der Waals surface area contributed by atoms with Crippen molar-refractivity contribution >= 4 is 17.7 Å². The number of amides is 3. The average Bonchev–Trinajstić information content (AvgIpc) is 3.16. The molecule has 3 aliphatic rings. The number of hydrogen-bond acceptors (Lipinski definition) is 6. The summed E-state index contributed by atoms with van der Waals surface area (Å²) in [6, 6.07) is 5.09. The van der Waals surface area contributed by atoms with Crippen LogP contribution in [0.1, 0.15) is 34.3 Å². The van der Waals surface area contributed by atoms with Gasteiger partial charge in [0.2, 0.25) is 11.8 Å². The minimum absolute atomic E-state index is 0.0184. The highest BCUT2D eigenvalue weighted by Crippen LogP contribution is 2.28. The molecule has 8 heteroatoms. The Morgan fingerprint density at radius 2 is 2.08 bits per heavy atom. The molecule has 0 saturated carbocycles. The standard InChI is InChI=1S/C18H22N4O4/c23-15-8-19-7-13(15)20-6-10-1-2-12-11(5-10)9-22(18(12)26)14-3-4-16(24)21-17(14)25/h1-2,5,13-15,19-20,23H,3-4,6-9H2,(H,21,24,25)/t13-,14?,15+/m0/s1. The average molecular weight is 358 g/mol. The van der Waals surface area contributed by atoms with Gasteiger partial charge in [-0.25, -0.2) is 0 Å². The summed E-state index contributed by atoms with van der Waals surface area (Å²) in [5, 5.41) is 18.6. The molecular formula is C18H22N4O4. The van der Waals surface area contributed by atoms with Crippen LogP contribution in [-0.4, -0.2) is 59.0 Å². The lowest BCUT2D eigenvalue weighted by atomic mass is 10.0. The number of imide groups is 1. The van der Waals surface area contributed by atoms with Gasteiger partial charge in [0.05, 0.1) is 6.10 Å². The van der Waals surface area contributed by atoms with E-state index in [0.29, 0.717) is 31.6 Å². The number of hydrogen-bond donors (Lipinski definition) is 4. The molecule has 3 atom stereocenters. The van der Waals surface area contributed by atoms with E-state index in [-0.39, 0.29) is 24.3 Å². The molecule has 1 aromatic carbocycles. The Bertz CT molecular complexity index is 766. The Kier molecular flexibility index (Phi) is 4.47. The molecule has 4 N–H and O–H groups in total. The number of benzene rings is 1. The fourth-order valence-corrected chi connectivity index (χ4v) is 3.86. The number of fused-ring (bicyclic) bond motifs is 1. The molecule has 0 spiro atoms. The first-order chi connectivity index (χ1) is 12.5. The normalized spacial score (nSPS) is 28.4. The number of rotatable bonds is 4. The monoisotopic (exact) mass is 358 g/mol. The van der Waals surface area contributed by atoms with Crippen LogP contribution in [0.15, 0.2) is 18.2 Å². The van der Waals surface area contributed by atoms with Crippen LogP contribution in [0.5, 0.6) is 0 Å². The highest BCUT2D eigenvalue weighted by molar-refractivity contribution is 6.05. The SMILES string of the molecule is O=C1CCC(N2Cc3cc(CN[C@H]4CNC[C@H]4O)ccc3C2=O)C(=O)N1. The van der Waals surface area contributed by atoms with E-state index in [1.165, 1.54) is 0 Å². The molecule has 3 aliphatic heterocycles. The molecule has 0 aliphatic carbocycles. The molecule has 3 heterocycles. The summed E-state index contributed by atoms with van der Waals surface area (Å²) in [5.41, 5.74) is 2.53. The summed E-state index contributed by atoms with van der Waals surface area (Å²) in [4.78, 5) is 37.6. The molecule has 0 aromatic heterocycles. The quantitative estimate of drug-likeness (QED) is 0.507. The third kappa shape index (κ3) is 3.11. The second-order valence-corrected chi connectivity index (χ2v) is 7.10. The van der Waals surface area contributed by atoms with Crippen molar-refractivity contribution in [3.8, 4) is 0 Å². The van der Waals surface area contributed by atoms with Gasteiger partial charge in [0.25, 0.3) is 5.91 Å². The summed E-state index contributed by atoms with van der Waals surface area (Å²) >= 11 is 0. The maximum atomic E-state index is 12.6. The number of nitrogens with one attached hydrogen (secondary N) is 3. The van der Waals surface area contributed by atoms with E-state index in [2.05, 4.69) is 16.0 Å². The van der Waals surface area contributed by atoms with Gasteiger partial charge < -0.3 is 20.6 Å². The summed E-state index contributed by atoms with van der Waals surface area (Å²) in [6.45, 7) is 2.30. The van der Waals surface area contributed by atoms with E-state index < -0.39 is 18.1 Å². The third-order valence-electron chi connectivity index (χ3n) is 5.34. The minimum Gasteiger partial charge on any atom is -0.390 e. The van der Waals surface area contributed by atoms with Crippen molar-refractivity contribution in [1.82, 2.24) is 20.9 Å². The van der Waals surface area contributed by atoms with E-state index >= 15 is 0 Å². The van der Waals surface area contributed by atoms with Crippen LogP contribution in [0.4, 0.5) is 0 Å². The lowest BCUT2D eigenvalue weighted by Crippen LogP contribution is -2.52. The van der Waals surface area contributed by atoms with Gasteiger partial charge in [-0.2, -0.15) is 0 Å². The van der Waals surface area contributed by atoms with Crippen molar-refractivity contribution in [3.63, 3.8) is 0 Å². The van der Waals surface area contributed by atoms with Gasteiger partial charge in [-0.3, -0.25) is 19.7 Å². The van der Waals surface area contributed by atoms with Crippen LogP contribution in [-0.2, 0) is 22.7 Å². The van der Waals surface area contributed by atoms with Crippen LogP contribution in [0.25, 0.3) is 0 Å². The molecule has 0 radical (unpaired) electrons. The van der Waals surface area contributed by atoms with Gasteiger partial charge in [0, 0.05) is 44.2 Å². The molecule has 1 aromatic rings. The Morgan fingerprint density at radius 1 is 1.23 bits per heavy atom. The third-order valence-corrected chi connectivity index (χ3v) is 5.34. The van der Waals surface area contributed by atoms with Crippen molar-refractivity contribution in [2.24, 2.45) is 0 Å². The lowest BCUT2D eigenvalue weighted by molar-refractivity contribution is -0.136. The van der Waals surface area contributed by atoms with Crippen LogP contribution in [0, 0.1) is 0 Å². The van der Waals surface area contributed by atoms with Crippen LogP contribution >= 0.6 is 0 Å².